The van der Waals surface area contributed by atoms with Gasteiger partial charge in [-0.15, -0.1) is 0 Å². The van der Waals surface area contributed by atoms with Crippen LogP contribution in [0.5, 0.6) is 0 Å². The van der Waals surface area contributed by atoms with Crippen LogP contribution in [0.1, 0.15) is 20.8 Å². The number of hydrogen-bond acceptors (Lipinski definition) is 2. The number of aliphatic imine (C=N–C) groups is 1. The average Bonchev–Trinajstić information content (AvgIpc) is 2.11. The Balaban J connectivity index is 2.72. The number of rotatable bonds is 0. The summed E-state index contributed by atoms with van der Waals surface area (Å²) in [5, 5.41) is 0. The van der Waals surface area contributed by atoms with Crippen molar-refractivity contribution in [3.8, 4) is 0 Å². The van der Waals surface area contributed by atoms with Gasteiger partial charge >= 0.3 is 0 Å². The Morgan fingerprint density at radius 1 is 1.40 bits per heavy atom. The molecule has 10 heavy (non-hydrogen) atoms. The molecule has 0 N–H and O–H groups in total. The van der Waals surface area contributed by atoms with Gasteiger partial charge in [-0.25, -0.2) is 0 Å². The van der Waals surface area contributed by atoms with Crippen molar-refractivity contribution in [2.24, 2.45) is 10.4 Å². The van der Waals surface area contributed by atoms with Crippen molar-refractivity contribution >= 4 is 5.84 Å². The predicted octanol–water partition coefficient (Wildman–Crippen LogP) is 1.38. The Morgan fingerprint density at radius 3 is 2.20 bits per heavy atom. The topological polar surface area (TPSA) is 15.6 Å². The van der Waals surface area contributed by atoms with Crippen molar-refractivity contribution in [3.63, 3.8) is 0 Å². The molecule has 0 atom stereocenters. The Hall–Kier alpha value is -0.530. The first-order valence-corrected chi connectivity index (χ1v) is 3.78. The van der Waals surface area contributed by atoms with Crippen molar-refractivity contribution < 1.29 is 0 Å². The number of hydrogen-bond donors (Lipinski definition) is 0. The SMILES string of the molecule is CN1CCN=C1C(C)(C)C. The van der Waals surface area contributed by atoms with Gasteiger partial charge in [0.2, 0.25) is 0 Å². The fourth-order valence-electron chi connectivity index (χ4n) is 1.34. The minimum Gasteiger partial charge on any atom is -0.361 e. The first-order chi connectivity index (χ1) is 4.52. The molecule has 1 heterocycles. The van der Waals surface area contributed by atoms with E-state index >= 15 is 0 Å². The summed E-state index contributed by atoms with van der Waals surface area (Å²) in [4.78, 5) is 6.67. The molecule has 0 aliphatic carbocycles. The molecule has 2 nitrogen and oxygen atoms in total. The van der Waals surface area contributed by atoms with Crippen LogP contribution in [0.2, 0.25) is 0 Å². The van der Waals surface area contributed by atoms with Crippen molar-refractivity contribution in [1.29, 1.82) is 0 Å². The second-order valence-corrected chi connectivity index (χ2v) is 3.88. The molecule has 0 saturated carbocycles. The Morgan fingerprint density at radius 2 is 2.00 bits per heavy atom. The summed E-state index contributed by atoms with van der Waals surface area (Å²) in [7, 11) is 2.11. The van der Waals surface area contributed by atoms with E-state index < -0.39 is 0 Å². The minimum atomic E-state index is 0.227. The quantitative estimate of drug-likeness (QED) is 0.496. The summed E-state index contributed by atoms with van der Waals surface area (Å²) >= 11 is 0. The average molecular weight is 140 g/mol. The Kier molecular flexibility index (Phi) is 1.71. The Bertz CT molecular complexity index is 153. The minimum absolute atomic E-state index is 0.227. The van der Waals surface area contributed by atoms with Gasteiger partial charge in [-0.05, 0) is 0 Å². The van der Waals surface area contributed by atoms with Crippen molar-refractivity contribution in [2.75, 3.05) is 20.1 Å². The highest BCUT2D eigenvalue weighted by Gasteiger charge is 2.24. The largest absolute Gasteiger partial charge is 0.361 e. The van der Waals surface area contributed by atoms with Gasteiger partial charge in [0, 0.05) is 19.0 Å². The zero-order valence-corrected chi connectivity index (χ0v) is 7.31. The lowest BCUT2D eigenvalue weighted by Crippen LogP contribution is -2.33. The smallest absolute Gasteiger partial charge is 0.104 e. The maximum Gasteiger partial charge on any atom is 0.104 e. The van der Waals surface area contributed by atoms with Crippen molar-refractivity contribution in [1.82, 2.24) is 4.90 Å². The highest BCUT2D eigenvalue weighted by molar-refractivity contribution is 5.88. The fraction of sp³-hybridized carbons (Fsp3) is 0.875. The van der Waals surface area contributed by atoms with Gasteiger partial charge in [-0.2, -0.15) is 0 Å². The third kappa shape index (κ3) is 1.31. The molecular weight excluding hydrogens is 124 g/mol. The third-order valence-electron chi connectivity index (χ3n) is 1.73. The van der Waals surface area contributed by atoms with E-state index in [1.807, 2.05) is 0 Å². The summed E-state index contributed by atoms with van der Waals surface area (Å²) in [5.41, 5.74) is 0.227. The first-order valence-electron chi connectivity index (χ1n) is 3.78. The molecule has 0 radical (unpaired) electrons. The van der Waals surface area contributed by atoms with Gasteiger partial charge in [-0.1, -0.05) is 20.8 Å². The van der Waals surface area contributed by atoms with Crippen LogP contribution in [0.4, 0.5) is 0 Å². The second kappa shape index (κ2) is 2.26. The molecule has 1 rings (SSSR count). The molecule has 0 aromatic heterocycles. The van der Waals surface area contributed by atoms with E-state index in [0.29, 0.717) is 0 Å². The van der Waals surface area contributed by atoms with Crippen LogP contribution >= 0.6 is 0 Å². The predicted molar refractivity (Wildman–Crippen MR) is 44.4 cm³/mol. The van der Waals surface area contributed by atoms with Gasteiger partial charge in [0.25, 0.3) is 0 Å². The second-order valence-electron chi connectivity index (χ2n) is 3.88. The van der Waals surface area contributed by atoms with Crippen LogP contribution in [0, 0.1) is 5.41 Å². The maximum absolute atomic E-state index is 4.43. The number of likely N-dealkylation sites (N-methyl/N-ethyl adjacent to an activating group) is 1. The van der Waals surface area contributed by atoms with E-state index in [-0.39, 0.29) is 5.41 Å². The van der Waals surface area contributed by atoms with Crippen LogP contribution in [0.15, 0.2) is 4.99 Å². The molecule has 2 heteroatoms. The van der Waals surface area contributed by atoms with Gasteiger partial charge < -0.3 is 4.90 Å². The van der Waals surface area contributed by atoms with Crippen LogP contribution in [0.25, 0.3) is 0 Å². The zero-order chi connectivity index (χ0) is 7.78. The van der Waals surface area contributed by atoms with Gasteiger partial charge in [0.05, 0.1) is 6.54 Å². The van der Waals surface area contributed by atoms with Crippen LogP contribution in [0.3, 0.4) is 0 Å². The van der Waals surface area contributed by atoms with Crippen LogP contribution in [-0.4, -0.2) is 30.9 Å². The summed E-state index contributed by atoms with van der Waals surface area (Å²) in [5.74, 6) is 1.24. The van der Waals surface area contributed by atoms with E-state index in [1.54, 1.807) is 0 Å². The molecule has 0 amide bonds. The molecule has 0 aromatic carbocycles. The molecule has 0 saturated heterocycles. The van der Waals surface area contributed by atoms with Crippen molar-refractivity contribution in [3.05, 3.63) is 0 Å². The first kappa shape index (κ1) is 7.58. The molecule has 1 aliphatic heterocycles. The highest BCUT2D eigenvalue weighted by atomic mass is 15.2. The van der Waals surface area contributed by atoms with E-state index in [0.717, 1.165) is 13.1 Å². The lowest BCUT2D eigenvalue weighted by atomic mass is 9.94. The summed E-state index contributed by atoms with van der Waals surface area (Å²) < 4.78 is 0. The monoisotopic (exact) mass is 140 g/mol. The zero-order valence-electron chi connectivity index (χ0n) is 7.31. The number of nitrogens with zero attached hydrogens (tertiary/aromatic N) is 2. The Labute approximate surface area is 62.9 Å². The third-order valence-corrected chi connectivity index (χ3v) is 1.73. The summed E-state index contributed by atoms with van der Waals surface area (Å²) in [6, 6.07) is 0. The lowest BCUT2D eigenvalue weighted by molar-refractivity contribution is 0.466. The van der Waals surface area contributed by atoms with Crippen LogP contribution in [-0.2, 0) is 0 Å². The molecule has 0 spiro atoms. The molecule has 1 aliphatic rings. The van der Waals surface area contributed by atoms with Gasteiger partial charge in [0.15, 0.2) is 0 Å². The molecule has 58 valence electrons. The molecule has 0 fully saturated rings. The highest BCUT2D eigenvalue weighted by Crippen LogP contribution is 2.20. The lowest BCUT2D eigenvalue weighted by Gasteiger charge is -2.25. The molecule has 0 unspecified atom stereocenters. The summed E-state index contributed by atoms with van der Waals surface area (Å²) in [6.45, 7) is 8.67. The maximum atomic E-state index is 4.43. The molecular formula is C8H16N2. The van der Waals surface area contributed by atoms with Gasteiger partial charge in [-0.3, -0.25) is 4.99 Å². The van der Waals surface area contributed by atoms with E-state index in [1.165, 1.54) is 5.84 Å². The van der Waals surface area contributed by atoms with Crippen molar-refractivity contribution in [2.45, 2.75) is 20.8 Å². The van der Waals surface area contributed by atoms with Gasteiger partial charge in [0.1, 0.15) is 5.84 Å². The standard InChI is InChI=1S/C8H16N2/c1-8(2,3)7-9-5-6-10(7)4/h5-6H2,1-4H3. The van der Waals surface area contributed by atoms with E-state index in [9.17, 15) is 0 Å². The normalized spacial score (nSPS) is 19.6. The van der Waals surface area contributed by atoms with Crippen LogP contribution < -0.4 is 0 Å². The fourth-order valence-corrected chi connectivity index (χ4v) is 1.34. The van der Waals surface area contributed by atoms with E-state index in [4.69, 9.17) is 0 Å². The van der Waals surface area contributed by atoms with E-state index in [2.05, 4.69) is 37.7 Å². The summed E-state index contributed by atoms with van der Waals surface area (Å²) in [6.07, 6.45) is 0. The molecule has 0 bridgehead atoms. The molecule has 0 aromatic rings. The number of amidine groups is 1.